The number of hydrogen-bond acceptors (Lipinski definition) is 6. The van der Waals surface area contributed by atoms with Crippen LogP contribution in [0.15, 0.2) is 0 Å². The highest BCUT2D eigenvalue weighted by Gasteiger charge is 2.43. The first-order valence-corrected chi connectivity index (χ1v) is 5.20. The Kier molecular flexibility index (Phi) is 4.90. The van der Waals surface area contributed by atoms with Gasteiger partial charge in [0, 0.05) is 0 Å². The second kappa shape index (κ2) is 5.76. The minimum Gasteiger partial charge on any atom is -0.394 e. The van der Waals surface area contributed by atoms with Gasteiger partial charge in [-0.25, -0.2) is 0 Å². The lowest BCUT2D eigenvalue weighted by molar-refractivity contribution is -0.235. The molecule has 0 spiro atoms. The molecule has 1 aliphatic rings. The number of nitrogens with one attached hydrogen (secondary N) is 1. The summed E-state index contributed by atoms with van der Waals surface area (Å²) in [5.74, 6) is -0.916. The summed E-state index contributed by atoms with van der Waals surface area (Å²) in [6, 6.07) is 0. The van der Waals surface area contributed by atoms with Crippen molar-refractivity contribution in [2.24, 2.45) is 0 Å². The van der Waals surface area contributed by atoms with Crippen molar-refractivity contribution < 1.29 is 30.0 Å². The number of halogens is 1. The number of aliphatic hydroxyl groups is 4. The third kappa shape index (κ3) is 2.82. The van der Waals surface area contributed by atoms with Crippen LogP contribution in [-0.2, 0) is 9.53 Å². The summed E-state index contributed by atoms with van der Waals surface area (Å²) < 4.78 is 5.00. The second-order valence-electron chi connectivity index (χ2n) is 3.45. The molecule has 0 aliphatic carbocycles. The Morgan fingerprint density at radius 2 is 1.88 bits per heavy atom. The number of alkyl halides is 1. The third-order valence-electron chi connectivity index (χ3n) is 2.32. The first-order valence-electron chi connectivity index (χ1n) is 4.67. The summed E-state index contributed by atoms with van der Waals surface area (Å²) in [5, 5.41) is 39.4. The van der Waals surface area contributed by atoms with E-state index >= 15 is 0 Å². The first-order chi connectivity index (χ1) is 7.51. The molecule has 0 radical (unpaired) electrons. The minimum absolute atomic E-state index is 0.324. The fraction of sp³-hybridized carbons (Fsp3) is 0.875. The summed E-state index contributed by atoms with van der Waals surface area (Å²) in [4.78, 5) is 11.0. The van der Waals surface area contributed by atoms with Gasteiger partial charge in [-0.2, -0.15) is 0 Å². The van der Waals surface area contributed by atoms with Gasteiger partial charge in [0.25, 0.3) is 0 Å². The molecule has 1 fully saturated rings. The Hall–Kier alpha value is -0.440. The summed E-state index contributed by atoms with van der Waals surface area (Å²) >= 11 is 5.24. The van der Waals surface area contributed by atoms with E-state index in [-0.39, 0.29) is 5.88 Å². The topological polar surface area (TPSA) is 119 Å². The van der Waals surface area contributed by atoms with E-state index in [9.17, 15) is 20.1 Å². The highest BCUT2D eigenvalue weighted by molar-refractivity contribution is 6.27. The maximum absolute atomic E-state index is 11.0. The Morgan fingerprint density at radius 1 is 1.25 bits per heavy atom. The smallest absolute Gasteiger partial charge is 0.236 e. The molecule has 1 rings (SSSR count). The zero-order chi connectivity index (χ0) is 12.3. The molecule has 1 heterocycles. The van der Waals surface area contributed by atoms with Crippen molar-refractivity contribution in [1.29, 1.82) is 0 Å². The number of amides is 1. The van der Waals surface area contributed by atoms with Gasteiger partial charge in [0.15, 0.2) is 6.23 Å². The van der Waals surface area contributed by atoms with E-state index in [1.807, 2.05) is 0 Å². The van der Waals surface area contributed by atoms with E-state index in [1.54, 1.807) is 0 Å². The standard InChI is InChI=1S/C8H14ClNO6/c9-1-4(12)10-8-7(15)6(14)5(13)3(2-11)16-8/h3,5-8,11,13-15H,1-2H2,(H,10,12)/t3-,5+,6+,7-,8-/m1/s1. The average Bonchev–Trinajstić information content (AvgIpc) is 2.29. The Balaban J connectivity index is 2.67. The van der Waals surface area contributed by atoms with Crippen molar-refractivity contribution in [3.05, 3.63) is 0 Å². The lowest BCUT2D eigenvalue weighted by Crippen LogP contribution is -2.63. The van der Waals surface area contributed by atoms with Crippen LogP contribution in [0.2, 0.25) is 0 Å². The number of rotatable bonds is 3. The lowest BCUT2D eigenvalue weighted by Gasteiger charge is -2.39. The summed E-state index contributed by atoms with van der Waals surface area (Å²) in [6.45, 7) is -0.543. The van der Waals surface area contributed by atoms with Gasteiger partial charge >= 0.3 is 0 Å². The maximum Gasteiger partial charge on any atom is 0.236 e. The Bertz CT molecular complexity index is 251. The third-order valence-corrected chi connectivity index (χ3v) is 2.56. The molecule has 1 aliphatic heterocycles. The summed E-state index contributed by atoms with van der Waals surface area (Å²) in [6.07, 6.45) is -6.68. The molecule has 0 saturated carbocycles. The van der Waals surface area contributed by atoms with E-state index in [0.717, 1.165) is 0 Å². The number of carbonyl (C=O) groups is 1. The highest BCUT2D eigenvalue weighted by Crippen LogP contribution is 2.19. The van der Waals surface area contributed by atoms with Crippen molar-refractivity contribution in [1.82, 2.24) is 5.32 Å². The highest BCUT2D eigenvalue weighted by atomic mass is 35.5. The van der Waals surface area contributed by atoms with Crippen molar-refractivity contribution >= 4 is 17.5 Å². The van der Waals surface area contributed by atoms with Gasteiger partial charge in [-0.15, -0.1) is 11.6 Å². The van der Waals surface area contributed by atoms with Crippen LogP contribution in [0.5, 0.6) is 0 Å². The SMILES string of the molecule is O=C(CCl)N[C@@H]1O[C@H](CO)[C@H](O)[C@H](O)[C@H]1O. The second-order valence-corrected chi connectivity index (χ2v) is 3.72. The van der Waals surface area contributed by atoms with Crippen molar-refractivity contribution in [2.75, 3.05) is 12.5 Å². The van der Waals surface area contributed by atoms with E-state index in [2.05, 4.69) is 5.32 Å². The number of ether oxygens (including phenoxy) is 1. The molecule has 7 nitrogen and oxygen atoms in total. The molecule has 1 saturated heterocycles. The fourth-order valence-electron chi connectivity index (χ4n) is 1.42. The largest absolute Gasteiger partial charge is 0.394 e. The monoisotopic (exact) mass is 255 g/mol. The number of aliphatic hydroxyl groups excluding tert-OH is 4. The van der Waals surface area contributed by atoms with Crippen LogP contribution in [0.25, 0.3) is 0 Å². The van der Waals surface area contributed by atoms with Crippen molar-refractivity contribution in [3.8, 4) is 0 Å². The van der Waals surface area contributed by atoms with Crippen molar-refractivity contribution in [2.45, 2.75) is 30.6 Å². The van der Waals surface area contributed by atoms with Gasteiger partial charge in [0.05, 0.1) is 6.61 Å². The molecular weight excluding hydrogens is 242 g/mol. The van der Waals surface area contributed by atoms with E-state index in [1.165, 1.54) is 0 Å². The summed E-state index contributed by atoms with van der Waals surface area (Å²) in [7, 11) is 0. The normalized spacial score (nSPS) is 39.4. The fourth-order valence-corrected chi connectivity index (χ4v) is 1.50. The quantitative estimate of drug-likeness (QED) is 0.346. The number of hydrogen-bond donors (Lipinski definition) is 5. The molecule has 0 aromatic heterocycles. The van der Waals surface area contributed by atoms with Crippen LogP contribution in [0.3, 0.4) is 0 Å². The average molecular weight is 256 g/mol. The van der Waals surface area contributed by atoms with Crippen molar-refractivity contribution in [3.63, 3.8) is 0 Å². The molecule has 1 amide bonds. The van der Waals surface area contributed by atoms with Gasteiger partial charge in [-0.1, -0.05) is 0 Å². The maximum atomic E-state index is 11.0. The molecule has 0 aromatic rings. The van der Waals surface area contributed by atoms with Gasteiger partial charge in [0.2, 0.25) is 5.91 Å². The predicted octanol–water partition coefficient (Wildman–Crippen LogP) is -2.86. The molecule has 0 unspecified atom stereocenters. The minimum atomic E-state index is -1.51. The zero-order valence-corrected chi connectivity index (χ0v) is 9.04. The van der Waals surface area contributed by atoms with Gasteiger partial charge < -0.3 is 30.5 Å². The molecule has 8 heteroatoms. The molecule has 16 heavy (non-hydrogen) atoms. The lowest BCUT2D eigenvalue weighted by atomic mass is 9.98. The van der Waals surface area contributed by atoms with Gasteiger partial charge in [-0.05, 0) is 0 Å². The van der Waals surface area contributed by atoms with E-state index in [4.69, 9.17) is 21.4 Å². The van der Waals surface area contributed by atoms with Crippen LogP contribution < -0.4 is 5.32 Å². The number of carbonyl (C=O) groups excluding carboxylic acids is 1. The Morgan fingerprint density at radius 3 is 2.38 bits per heavy atom. The first kappa shape index (κ1) is 13.6. The molecule has 0 aromatic carbocycles. The van der Waals surface area contributed by atoms with E-state index in [0.29, 0.717) is 0 Å². The Labute approximate surface area is 96.6 Å². The van der Waals surface area contributed by atoms with Gasteiger partial charge in [-0.3, -0.25) is 4.79 Å². The molecular formula is C8H14ClNO6. The van der Waals surface area contributed by atoms with Crippen LogP contribution in [0.1, 0.15) is 0 Å². The van der Waals surface area contributed by atoms with E-state index < -0.39 is 43.2 Å². The predicted molar refractivity (Wildman–Crippen MR) is 52.6 cm³/mol. The molecule has 0 bridgehead atoms. The molecule has 5 N–H and O–H groups in total. The molecule has 94 valence electrons. The van der Waals surface area contributed by atoms with Crippen LogP contribution in [0.4, 0.5) is 0 Å². The molecule has 5 atom stereocenters. The van der Waals surface area contributed by atoms with Crippen LogP contribution in [0, 0.1) is 0 Å². The van der Waals surface area contributed by atoms with Crippen LogP contribution in [-0.4, -0.2) is 69.5 Å². The van der Waals surface area contributed by atoms with Crippen LogP contribution >= 0.6 is 11.6 Å². The van der Waals surface area contributed by atoms with Gasteiger partial charge in [0.1, 0.15) is 30.3 Å². The summed E-state index contributed by atoms with van der Waals surface area (Å²) in [5.41, 5.74) is 0. The zero-order valence-electron chi connectivity index (χ0n) is 8.28.